The molecule has 0 saturated carbocycles. The van der Waals surface area contributed by atoms with Crippen molar-refractivity contribution in [2.24, 2.45) is 0 Å². The Morgan fingerprint density at radius 2 is 1.32 bits per heavy atom. The molecule has 0 spiro atoms. The Hall–Kier alpha value is -2.25. The molecular formula is C14H9BF5O2. The molecule has 0 unspecified atom stereocenters. The first kappa shape index (κ1) is 16.1. The van der Waals surface area contributed by atoms with Crippen LogP contribution in [0.3, 0.4) is 0 Å². The van der Waals surface area contributed by atoms with Gasteiger partial charge in [0.15, 0.2) is 23.2 Å². The summed E-state index contributed by atoms with van der Waals surface area (Å²) in [5.41, 5.74) is -1.41. The second-order valence-corrected chi connectivity index (χ2v) is 4.25. The van der Waals surface area contributed by atoms with Crippen molar-refractivity contribution in [3.8, 4) is 11.5 Å². The average Bonchev–Trinajstić information content (AvgIpc) is 2.47. The molecule has 2 rings (SSSR count). The molecule has 22 heavy (non-hydrogen) atoms. The van der Waals surface area contributed by atoms with Gasteiger partial charge in [-0.25, -0.2) is 22.0 Å². The number of halogens is 5. The topological polar surface area (TPSA) is 18.5 Å². The van der Waals surface area contributed by atoms with Crippen LogP contribution < -0.4 is 20.4 Å². The van der Waals surface area contributed by atoms with Crippen molar-refractivity contribution in [3.63, 3.8) is 0 Å². The summed E-state index contributed by atoms with van der Waals surface area (Å²) < 4.78 is 77.6. The highest BCUT2D eigenvalue weighted by Gasteiger charge is 2.23. The highest BCUT2D eigenvalue weighted by atomic mass is 19.2. The first-order valence-corrected chi connectivity index (χ1v) is 5.98. The normalized spacial score (nSPS) is 10.5. The minimum atomic E-state index is -1.50. The van der Waals surface area contributed by atoms with Crippen LogP contribution in [0.1, 0.15) is 0 Å². The molecule has 2 nitrogen and oxygen atoms in total. The fraction of sp³-hybridized carbons (Fsp3) is 0.143. The summed E-state index contributed by atoms with van der Waals surface area (Å²) in [6, 6.07) is 2.00. The quantitative estimate of drug-likeness (QED) is 0.488. The van der Waals surface area contributed by atoms with E-state index in [-0.39, 0.29) is 11.8 Å². The van der Waals surface area contributed by atoms with Crippen LogP contribution in [-0.4, -0.2) is 21.5 Å². The molecule has 0 atom stereocenters. The van der Waals surface area contributed by atoms with Crippen molar-refractivity contribution in [2.45, 2.75) is 0 Å². The van der Waals surface area contributed by atoms with Crippen molar-refractivity contribution in [1.29, 1.82) is 0 Å². The lowest BCUT2D eigenvalue weighted by Gasteiger charge is -2.12. The molecule has 0 aliphatic heterocycles. The van der Waals surface area contributed by atoms with Gasteiger partial charge in [-0.1, -0.05) is 0 Å². The summed E-state index contributed by atoms with van der Waals surface area (Å²) in [6.45, 7) is 0. The van der Waals surface area contributed by atoms with E-state index in [4.69, 9.17) is 0 Å². The van der Waals surface area contributed by atoms with E-state index in [2.05, 4.69) is 9.47 Å². The van der Waals surface area contributed by atoms with E-state index in [1.54, 1.807) is 0 Å². The van der Waals surface area contributed by atoms with Crippen molar-refractivity contribution < 1.29 is 31.4 Å². The molecular weight excluding hydrogens is 306 g/mol. The van der Waals surface area contributed by atoms with Gasteiger partial charge in [0.1, 0.15) is 17.4 Å². The Kier molecular flexibility index (Phi) is 4.58. The summed E-state index contributed by atoms with van der Waals surface area (Å²) >= 11 is 0. The first-order chi connectivity index (χ1) is 10.4. The molecule has 0 aliphatic rings. The minimum absolute atomic E-state index is 0.0926. The molecule has 115 valence electrons. The molecule has 0 aromatic heterocycles. The van der Waals surface area contributed by atoms with E-state index in [1.165, 1.54) is 7.11 Å². The monoisotopic (exact) mass is 315 g/mol. The van der Waals surface area contributed by atoms with Crippen molar-refractivity contribution in [3.05, 3.63) is 47.3 Å². The van der Waals surface area contributed by atoms with Gasteiger partial charge in [-0.3, -0.25) is 0 Å². The van der Waals surface area contributed by atoms with E-state index in [0.29, 0.717) is 7.28 Å². The molecule has 2 aromatic rings. The Balaban J connectivity index is 2.57. The maximum atomic E-state index is 13.9. The van der Waals surface area contributed by atoms with E-state index in [1.807, 2.05) is 0 Å². The standard InChI is InChI=1S/C14H9BF5O2/c1-21-6-3-7(16)11(8(17)4-6)15-12-13(20)9(18)5-10(19)14(12)22-2/h3-5H,1-2H3. The zero-order valence-corrected chi connectivity index (χ0v) is 11.5. The average molecular weight is 315 g/mol. The number of hydrogen-bond acceptors (Lipinski definition) is 2. The van der Waals surface area contributed by atoms with Crippen LogP contribution in [0.15, 0.2) is 18.2 Å². The number of rotatable bonds is 4. The highest BCUT2D eigenvalue weighted by Crippen LogP contribution is 2.19. The molecule has 0 heterocycles. The largest absolute Gasteiger partial charge is 0.497 e. The van der Waals surface area contributed by atoms with Gasteiger partial charge >= 0.3 is 0 Å². The number of hydrogen-bond donors (Lipinski definition) is 0. The summed E-state index contributed by atoms with van der Waals surface area (Å²) in [6.07, 6.45) is 0. The maximum absolute atomic E-state index is 13.9. The minimum Gasteiger partial charge on any atom is -0.497 e. The Bertz CT molecular complexity index is 698. The lowest BCUT2D eigenvalue weighted by Crippen LogP contribution is -2.36. The van der Waals surface area contributed by atoms with Gasteiger partial charge in [-0.2, -0.15) is 0 Å². The zero-order valence-electron chi connectivity index (χ0n) is 11.5. The third-order valence-corrected chi connectivity index (χ3v) is 2.94. The molecule has 1 radical (unpaired) electrons. The molecule has 8 heteroatoms. The van der Waals surface area contributed by atoms with Gasteiger partial charge in [-0.05, 0) is 5.46 Å². The fourth-order valence-electron chi connectivity index (χ4n) is 1.89. The fourth-order valence-corrected chi connectivity index (χ4v) is 1.89. The molecule has 0 bridgehead atoms. The molecule has 0 fully saturated rings. The number of benzene rings is 2. The van der Waals surface area contributed by atoms with Crippen molar-refractivity contribution >= 4 is 18.2 Å². The highest BCUT2D eigenvalue weighted by molar-refractivity contribution is 6.68. The van der Waals surface area contributed by atoms with Crippen LogP contribution in [-0.2, 0) is 0 Å². The maximum Gasteiger partial charge on any atom is 0.208 e. The molecule has 0 N–H and O–H groups in total. The lowest BCUT2D eigenvalue weighted by molar-refractivity contribution is 0.381. The Labute approximate surface area is 123 Å². The van der Waals surface area contributed by atoms with Gasteiger partial charge in [0.25, 0.3) is 0 Å². The predicted octanol–water partition coefficient (Wildman–Crippen LogP) is 2.05. The molecule has 0 saturated heterocycles. The smallest absolute Gasteiger partial charge is 0.208 e. The third-order valence-electron chi connectivity index (χ3n) is 2.94. The Morgan fingerprint density at radius 1 is 0.727 bits per heavy atom. The van der Waals surface area contributed by atoms with E-state index in [0.717, 1.165) is 19.2 Å². The third kappa shape index (κ3) is 2.86. The lowest BCUT2D eigenvalue weighted by atomic mass is 9.62. The van der Waals surface area contributed by atoms with Gasteiger partial charge in [0.05, 0.1) is 14.2 Å². The van der Waals surface area contributed by atoms with Gasteiger partial charge < -0.3 is 9.47 Å². The second-order valence-electron chi connectivity index (χ2n) is 4.25. The van der Waals surface area contributed by atoms with Gasteiger partial charge in [0, 0.05) is 23.7 Å². The summed E-state index contributed by atoms with van der Waals surface area (Å²) in [5, 5.41) is 0. The van der Waals surface area contributed by atoms with E-state index in [9.17, 15) is 22.0 Å². The SMILES string of the molecule is COc1cc(F)c([B]c2c(F)c(F)cc(F)c2OC)c(F)c1. The molecule has 2 aromatic carbocycles. The van der Waals surface area contributed by atoms with Crippen LogP contribution in [0, 0.1) is 29.1 Å². The van der Waals surface area contributed by atoms with Crippen LogP contribution in [0.4, 0.5) is 22.0 Å². The van der Waals surface area contributed by atoms with E-state index < -0.39 is 45.8 Å². The summed E-state index contributed by atoms with van der Waals surface area (Å²) in [7, 11) is 2.86. The zero-order chi connectivity index (χ0) is 16.4. The summed E-state index contributed by atoms with van der Waals surface area (Å²) in [5.74, 6) is -7.09. The van der Waals surface area contributed by atoms with Crippen LogP contribution in [0.5, 0.6) is 11.5 Å². The first-order valence-electron chi connectivity index (χ1n) is 5.98. The van der Waals surface area contributed by atoms with Crippen molar-refractivity contribution in [1.82, 2.24) is 0 Å². The van der Waals surface area contributed by atoms with Gasteiger partial charge in [0.2, 0.25) is 7.28 Å². The number of ether oxygens (including phenoxy) is 2. The van der Waals surface area contributed by atoms with Crippen molar-refractivity contribution in [2.75, 3.05) is 14.2 Å². The summed E-state index contributed by atoms with van der Waals surface area (Å²) in [4.78, 5) is 0. The molecule has 0 aliphatic carbocycles. The van der Waals surface area contributed by atoms with E-state index >= 15 is 0 Å². The molecule has 0 amide bonds. The second kappa shape index (κ2) is 6.25. The Morgan fingerprint density at radius 3 is 1.82 bits per heavy atom. The van der Waals surface area contributed by atoms with Crippen LogP contribution >= 0.6 is 0 Å². The van der Waals surface area contributed by atoms with Crippen LogP contribution in [0.2, 0.25) is 0 Å². The number of methoxy groups -OCH3 is 2. The van der Waals surface area contributed by atoms with Gasteiger partial charge in [-0.15, -0.1) is 0 Å². The van der Waals surface area contributed by atoms with Crippen LogP contribution in [0.25, 0.3) is 0 Å². The predicted molar refractivity (Wildman–Crippen MR) is 70.8 cm³/mol.